The summed E-state index contributed by atoms with van der Waals surface area (Å²) >= 11 is 0. The molecule has 0 radical (unpaired) electrons. The molecule has 1 aromatic carbocycles. The maximum absolute atomic E-state index is 12.5. The number of ether oxygens (including phenoxy) is 3. The van der Waals surface area contributed by atoms with Gasteiger partial charge in [0, 0.05) is 12.8 Å². The molecule has 1 aromatic rings. The van der Waals surface area contributed by atoms with Crippen LogP contribution in [0.1, 0.15) is 59.9 Å². The van der Waals surface area contributed by atoms with E-state index in [0.29, 0.717) is 5.56 Å². The number of carboxylic acids is 1. The van der Waals surface area contributed by atoms with Crippen LogP contribution in [0, 0.1) is 10.8 Å². The highest BCUT2D eigenvalue weighted by Gasteiger charge is 2.29. The smallest absolute Gasteiger partial charge is 0.328 e. The van der Waals surface area contributed by atoms with Gasteiger partial charge in [0.1, 0.15) is 6.04 Å². The van der Waals surface area contributed by atoms with Crippen LogP contribution in [0.15, 0.2) is 18.2 Å². The monoisotopic (exact) mass is 479 g/mol. The van der Waals surface area contributed by atoms with Crippen LogP contribution in [0.5, 0.6) is 11.5 Å². The number of carbonyl (C=O) groups excluding carboxylic acids is 4. The highest BCUT2D eigenvalue weighted by atomic mass is 16.6. The largest absolute Gasteiger partial charge is 0.481 e. The van der Waals surface area contributed by atoms with Crippen molar-refractivity contribution >= 4 is 29.8 Å². The zero-order chi connectivity index (χ0) is 26.3. The van der Waals surface area contributed by atoms with Crippen molar-refractivity contribution in [2.24, 2.45) is 10.8 Å². The number of amides is 1. The molecule has 188 valence electrons. The van der Waals surface area contributed by atoms with E-state index >= 15 is 0 Å². The highest BCUT2D eigenvalue weighted by Crippen LogP contribution is 2.33. The lowest BCUT2D eigenvalue weighted by molar-refractivity contribution is -0.145. The van der Waals surface area contributed by atoms with Gasteiger partial charge in [-0.05, 0) is 59.2 Å². The second-order valence-electron chi connectivity index (χ2n) is 9.80. The highest BCUT2D eigenvalue weighted by molar-refractivity contribution is 5.86. The van der Waals surface area contributed by atoms with E-state index in [0.717, 1.165) is 7.11 Å². The number of carbonyl (C=O) groups is 5. The molecule has 2 N–H and O–H groups in total. The molecule has 0 fully saturated rings. The molecule has 1 rings (SSSR count). The first-order chi connectivity index (χ1) is 15.5. The molecule has 0 spiro atoms. The zero-order valence-corrected chi connectivity index (χ0v) is 20.6. The molecule has 10 nitrogen and oxygen atoms in total. The number of nitrogens with one attached hydrogen (secondary N) is 1. The van der Waals surface area contributed by atoms with Gasteiger partial charge in [-0.15, -0.1) is 0 Å². The number of esters is 3. The third-order valence-electron chi connectivity index (χ3n) is 4.46. The average molecular weight is 480 g/mol. The predicted molar refractivity (Wildman–Crippen MR) is 121 cm³/mol. The van der Waals surface area contributed by atoms with Crippen LogP contribution in [-0.4, -0.2) is 48.0 Å². The molecule has 34 heavy (non-hydrogen) atoms. The third kappa shape index (κ3) is 9.21. The molecule has 0 heterocycles. The summed E-state index contributed by atoms with van der Waals surface area (Å²) in [6.45, 7) is 10.0. The molecular weight excluding hydrogens is 446 g/mol. The van der Waals surface area contributed by atoms with E-state index in [-0.39, 0.29) is 30.8 Å². The van der Waals surface area contributed by atoms with E-state index in [1.807, 2.05) is 0 Å². The van der Waals surface area contributed by atoms with Crippen molar-refractivity contribution in [2.45, 2.75) is 66.8 Å². The fourth-order valence-electron chi connectivity index (χ4n) is 2.41. The fraction of sp³-hybridized carbons (Fsp3) is 0.542. The first-order valence-electron chi connectivity index (χ1n) is 10.7. The Morgan fingerprint density at radius 2 is 1.41 bits per heavy atom. The van der Waals surface area contributed by atoms with Crippen LogP contribution in [0.3, 0.4) is 0 Å². The van der Waals surface area contributed by atoms with Gasteiger partial charge in [-0.25, -0.2) is 4.79 Å². The number of benzene rings is 1. The number of hydrogen-bond acceptors (Lipinski definition) is 8. The Hall–Kier alpha value is -3.43. The normalized spacial score (nSPS) is 12.3. The number of hydrogen-bond donors (Lipinski definition) is 2. The molecule has 10 heteroatoms. The summed E-state index contributed by atoms with van der Waals surface area (Å²) in [5.74, 6) is -3.60. The average Bonchev–Trinajstić information content (AvgIpc) is 2.71. The summed E-state index contributed by atoms with van der Waals surface area (Å²) in [5.41, 5.74) is -1.17. The minimum Gasteiger partial charge on any atom is -0.481 e. The summed E-state index contributed by atoms with van der Waals surface area (Å²) < 4.78 is 15.7. The molecule has 0 aliphatic rings. The number of rotatable bonds is 9. The molecule has 1 atom stereocenters. The summed E-state index contributed by atoms with van der Waals surface area (Å²) in [6, 6.07) is 3.32. The first kappa shape index (κ1) is 28.6. The molecule has 0 saturated carbocycles. The molecule has 1 amide bonds. The van der Waals surface area contributed by atoms with Gasteiger partial charge in [-0.3, -0.25) is 19.2 Å². The summed E-state index contributed by atoms with van der Waals surface area (Å²) in [5, 5.41) is 11.2. The number of methoxy groups -OCH3 is 1. The van der Waals surface area contributed by atoms with Crippen LogP contribution in [-0.2, 0) is 35.1 Å². The summed E-state index contributed by atoms with van der Waals surface area (Å²) in [4.78, 5) is 59.8. The Bertz CT molecular complexity index is 939. The van der Waals surface area contributed by atoms with E-state index < -0.39 is 46.7 Å². The van der Waals surface area contributed by atoms with E-state index in [1.165, 1.54) is 12.1 Å². The van der Waals surface area contributed by atoms with Gasteiger partial charge in [0.25, 0.3) is 0 Å². The van der Waals surface area contributed by atoms with Crippen molar-refractivity contribution in [3.05, 3.63) is 23.8 Å². The Balaban J connectivity index is 3.24. The molecule has 0 aromatic heterocycles. The minimum absolute atomic E-state index is 0.0177. The zero-order valence-electron chi connectivity index (χ0n) is 20.6. The molecule has 0 aliphatic carbocycles. The van der Waals surface area contributed by atoms with Crippen molar-refractivity contribution in [3.8, 4) is 11.5 Å². The predicted octanol–water partition coefficient (Wildman–Crippen LogP) is 2.65. The van der Waals surface area contributed by atoms with Crippen molar-refractivity contribution in [2.75, 3.05) is 7.11 Å². The first-order valence-corrected chi connectivity index (χ1v) is 10.7. The molecule has 0 bridgehead atoms. The van der Waals surface area contributed by atoms with E-state index in [2.05, 4.69) is 5.32 Å². The number of carboxylic acid groups (broad SMARTS) is 1. The van der Waals surface area contributed by atoms with Crippen molar-refractivity contribution in [3.63, 3.8) is 0 Å². The molecule has 0 saturated heterocycles. The minimum atomic E-state index is -1.14. The lowest BCUT2D eigenvalue weighted by atomic mass is 9.97. The standard InChI is InChI=1S/C24H33NO9/c1-23(2,3)21(30)33-16-9-8-14(13-17(16)34-22(31)24(4,5)6)12-15(20(29)32-7)25-18(26)10-11-19(27)28/h8-9,13,15H,10-12H2,1-7H3,(H,25,26)(H,27,28)/t15-/m0/s1. The topological polar surface area (TPSA) is 145 Å². The quantitative estimate of drug-likeness (QED) is 0.403. The molecule has 0 aliphatic heterocycles. The van der Waals surface area contributed by atoms with Crippen molar-refractivity contribution in [1.29, 1.82) is 0 Å². The van der Waals surface area contributed by atoms with E-state index in [1.54, 1.807) is 47.6 Å². The number of aliphatic carboxylic acids is 1. The Morgan fingerprint density at radius 3 is 1.88 bits per heavy atom. The fourth-order valence-corrected chi connectivity index (χ4v) is 2.41. The van der Waals surface area contributed by atoms with Crippen LogP contribution in [0.4, 0.5) is 0 Å². The SMILES string of the molecule is COC(=O)[C@H](Cc1ccc(OC(=O)C(C)(C)C)c(OC(=O)C(C)(C)C)c1)NC(=O)CCC(=O)O. The maximum atomic E-state index is 12.5. The molecular formula is C24H33NO9. The summed E-state index contributed by atoms with van der Waals surface area (Å²) in [6.07, 6.45) is -0.738. The Kier molecular flexibility index (Phi) is 9.78. The third-order valence-corrected chi connectivity index (χ3v) is 4.46. The maximum Gasteiger partial charge on any atom is 0.328 e. The van der Waals surface area contributed by atoms with Gasteiger partial charge >= 0.3 is 23.9 Å². The van der Waals surface area contributed by atoms with Crippen molar-refractivity contribution in [1.82, 2.24) is 5.32 Å². The Morgan fingerprint density at radius 1 is 0.882 bits per heavy atom. The lowest BCUT2D eigenvalue weighted by Gasteiger charge is -2.21. The van der Waals surface area contributed by atoms with Gasteiger partial charge in [-0.1, -0.05) is 6.07 Å². The van der Waals surface area contributed by atoms with Gasteiger partial charge < -0.3 is 24.6 Å². The van der Waals surface area contributed by atoms with Crippen LogP contribution in [0.2, 0.25) is 0 Å². The molecule has 0 unspecified atom stereocenters. The van der Waals surface area contributed by atoms with Crippen LogP contribution < -0.4 is 14.8 Å². The van der Waals surface area contributed by atoms with Gasteiger partial charge in [-0.2, -0.15) is 0 Å². The van der Waals surface area contributed by atoms with Gasteiger partial charge in [0.05, 0.1) is 24.4 Å². The second kappa shape index (κ2) is 11.6. The van der Waals surface area contributed by atoms with Gasteiger partial charge in [0.2, 0.25) is 5.91 Å². The lowest BCUT2D eigenvalue weighted by Crippen LogP contribution is -2.43. The summed E-state index contributed by atoms with van der Waals surface area (Å²) in [7, 11) is 1.16. The van der Waals surface area contributed by atoms with Crippen LogP contribution in [0.25, 0.3) is 0 Å². The van der Waals surface area contributed by atoms with Gasteiger partial charge in [0.15, 0.2) is 11.5 Å². The Labute approximate surface area is 198 Å². The van der Waals surface area contributed by atoms with Crippen LogP contribution >= 0.6 is 0 Å². The second-order valence-corrected chi connectivity index (χ2v) is 9.80. The van der Waals surface area contributed by atoms with E-state index in [4.69, 9.17) is 19.3 Å². The van der Waals surface area contributed by atoms with Crippen molar-refractivity contribution < 1.29 is 43.3 Å². The van der Waals surface area contributed by atoms with E-state index in [9.17, 15) is 24.0 Å².